The average Bonchev–Trinajstić information content (AvgIpc) is 2.81. The molecule has 2 aromatic carbocycles. The van der Waals surface area contributed by atoms with Gasteiger partial charge in [-0.05, 0) is 45.4 Å². The van der Waals surface area contributed by atoms with Crippen LogP contribution in [0.15, 0.2) is 72.9 Å². The minimum absolute atomic E-state index is 0.0212. The average molecular weight is 526 g/mol. The van der Waals surface area contributed by atoms with E-state index < -0.39 is 52.6 Å². The van der Waals surface area contributed by atoms with Crippen molar-refractivity contribution in [1.29, 1.82) is 0 Å². The van der Waals surface area contributed by atoms with E-state index >= 15 is 8.78 Å². The fourth-order valence-corrected chi connectivity index (χ4v) is 2.60. The van der Waals surface area contributed by atoms with Gasteiger partial charge in [0.1, 0.15) is 17.2 Å². The van der Waals surface area contributed by atoms with Crippen molar-refractivity contribution in [2.45, 2.75) is 27.7 Å². The van der Waals surface area contributed by atoms with E-state index in [1.165, 1.54) is 27.7 Å². The number of carbonyl (C=O) groups excluding carboxylic acids is 4. The Balaban J connectivity index is 2.84. The largest absolute Gasteiger partial charge is 0.423 e. The van der Waals surface area contributed by atoms with Gasteiger partial charge in [0, 0.05) is 34.4 Å². The van der Waals surface area contributed by atoms with Crippen LogP contribution in [0.5, 0.6) is 23.0 Å². The van der Waals surface area contributed by atoms with Crippen molar-refractivity contribution in [3.63, 3.8) is 0 Å². The van der Waals surface area contributed by atoms with Crippen molar-refractivity contribution in [2.75, 3.05) is 0 Å². The van der Waals surface area contributed by atoms with Gasteiger partial charge in [-0.3, -0.25) is 0 Å². The highest BCUT2D eigenvalue weighted by Crippen LogP contribution is 2.42. The van der Waals surface area contributed by atoms with Crippen LogP contribution < -0.4 is 18.9 Å². The van der Waals surface area contributed by atoms with Crippen LogP contribution in [0.1, 0.15) is 27.7 Å². The summed E-state index contributed by atoms with van der Waals surface area (Å²) < 4.78 is 51.0. The summed E-state index contributed by atoms with van der Waals surface area (Å²) >= 11 is 0. The lowest BCUT2D eigenvalue weighted by Gasteiger charge is -2.16. The van der Waals surface area contributed by atoms with Gasteiger partial charge >= 0.3 is 23.9 Å². The van der Waals surface area contributed by atoms with Gasteiger partial charge in [0.15, 0.2) is 11.6 Å². The van der Waals surface area contributed by atoms with E-state index in [1.807, 2.05) is 0 Å². The first kappa shape index (κ1) is 29.4. The Bertz CT molecular complexity index is 1370. The highest BCUT2D eigenvalue weighted by Gasteiger charge is 2.26. The topological polar surface area (TPSA) is 105 Å². The Labute approximate surface area is 217 Å². The molecular formula is C28H24F2O8. The van der Waals surface area contributed by atoms with E-state index in [4.69, 9.17) is 18.9 Å². The van der Waals surface area contributed by atoms with Gasteiger partial charge in [-0.25, -0.2) is 23.6 Å². The number of carbonyl (C=O) groups is 4. The van der Waals surface area contributed by atoms with E-state index in [-0.39, 0.29) is 39.4 Å². The molecule has 0 aliphatic heterocycles. The van der Waals surface area contributed by atoms with Gasteiger partial charge in [0.05, 0.1) is 5.56 Å². The summed E-state index contributed by atoms with van der Waals surface area (Å²) in [6.45, 7) is 19.1. The smallest absolute Gasteiger partial charge is 0.338 e. The molecule has 0 unspecified atom stereocenters. The van der Waals surface area contributed by atoms with Gasteiger partial charge < -0.3 is 18.9 Å². The molecule has 8 nitrogen and oxygen atoms in total. The van der Waals surface area contributed by atoms with Crippen LogP contribution in [0.4, 0.5) is 8.78 Å². The second kappa shape index (κ2) is 11.9. The molecule has 0 aromatic heterocycles. The maximum absolute atomic E-state index is 15.5. The number of hydrogen-bond donors (Lipinski definition) is 0. The molecule has 2 rings (SSSR count). The van der Waals surface area contributed by atoms with E-state index in [1.54, 1.807) is 0 Å². The number of hydrogen-bond acceptors (Lipinski definition) is 8. The van der Waals surface area contributed by atoms with E-state index in [2.05, 4.69) is 26.3 Å². The fourth-order valence-electron chi connectivity index (χ4n) is 2.60. The van der Waals surface area contributed by atoms with E-state index in [0.29, 0.717) is 0 Å². The summed E-state index contributed by atoms with van der Waals surface area (Å²) in [5, 5.41) is 0. The summed E-state index contributed by atoms with van der Waals surface area (Å²) in [6.07, 6.45) is 0. The molecule has 10 heteroatoms. The normalized spacial score (nSPS) is 10.2. The zero-order valence-electron chi connectivity index (χ0n) is 21.2. The van der Waals surface area contributed by atoms with Gasteiger partial charge in [-0.2, -0.15) is 4.39 Å². The monoisotopic (exact) mass is 526 g/mol. The SMILES string of the molecule is C=C(C)C(=O)Oc1cc(OC(=O)C(=C)C)cc(-c2c(OC(=O)C(=C)C)cc(OC(=O)C(=C)C)c(F)c2F)c1. The molecule has 0 saturated heterocycles. The third kappa shape index (κ3) is 7.10. The van der Waals surface area contributed by atoms with Gasteiger partial charge in [0.25, 0.3) is 0 Å². The summed E-state index contributed by atoms with van der Waals surface area (Å²) in [5.74, 6) is -8.93. The Morgan fingerprint density at radius 3 is 1.32 bits per heavy atom. The van der Waals surface area contributed by atoms with Gasteiger partial charge in [-0.15, -0.1) is 0 Å². The first-order chi connectivity index (χ1) is 17.6. The minimum Gasteiger partial charge on any atom is -0.423 e. The predicted molar refractivity (Wildman–Crippen MR) is 134 cm³/mol. The first-order valence-corrected chi connectivity index (χ1v) is 10.8. The van der Waals surface area contributed by atoms with Crippen molar-refractivity contribution in [3.8, 4) is 34.1 Å². The van der Waals surface area contributed by atoms with E-state index in [9.17, 15) is 19.2 Å². The van der Waals surface area contributed by atoms with Crippen molar-refractivity contribution >= 4 is 23.9 Å². The predicted octanol–water partition coefficient (Wildman–Crippen LogP) is 5.56. The Hall–Kier alpha value is -4.86. The maximum Gasteiger partial charge on any atom is 0.338 e. The maximum atomic E-state index is 15.5. The number of benzene rings is 2. The van der Waals surface area contributed by atoms with Crippen LogP contribution in [-0.2, 0) is 19.2 Å². The second-order valence-electron chi connectivity index (χ2n) is 8.25. The molecule has 198 valence electrons. The third-order valence-electron chi connectivity index (χ3n) is 4.53. The van der Waals surface area contributed by atoms with Crippen LogP contribution in [0.3, 0.4) is 0 Å². The summed E-state index contributed by atoms with van der Waals surface area (Å²) in [6, 6.07) is 4.13. The summed E-state index contributed by atoms with van der Waals surface area (Å²) in [7, 11) is 0. The third-order valence-corrected chi connectivity index (χ3v) is 4.53. The number of esters is 4. The highest BCUT2D eigenvalue weighted by atomic mass is 19.2. The molecule has 0 atom stereocenters. The molecule has 0 bridgehead atoms. The highest BCUT2D eigenvalue weighted by molar-refractivity contribution is 5.93. The summed E-state index contributed by atoms with van der Waals surface area (Å²) in [4.78, 5) is 48.4. The lowest BCUT2D eigenvalue weighted by molar-refractivity contribution is -0.131. The van der Waals surface area contributed by atoms with Crippen molar-refractivity contribution < 1.29 is 46.9 Å². The zero-order valence-corrected chi connectivity index (χ0v) is 21.2. The Morgan fingerprint density at radius 1 is 0.553 bits per heavy atom. The van der Waals surface area contributed by atoms with Crippen LogP contribution >= 0.6 is 0 Å². The second-order valence-corrected chi connectivity index (χ2v) is 8.25. The molecule has 0 spiro atoms. The Morgan fingerprint density at radius 2 is 0.921 bits per heavy atom. The first-order valence-electron chi connectivity index (χ1n) is 10.8. The molecule has 0 saturated carbocycles. The molecule has 0 N–H and O–H groups in total. The molecule has 0 heterocycles. The molecule has 0 radical (unpaired) electrons. The molecule has 2 aromatic rings. The van der Waals surface area contributed by atoms with Crippen LogP contribution in [0, 0.1) is 11.6 Å². The molecule has 0 fully saturated rings. The van der Waals surface area contributed by atoms with Crippen LogP contribution in [0.25, 0.3) is 11.1 Å². The van der Waals surface area contributed by atoms with Crippen molar-refractivity contribution in [2.24, 2.45) is 0 Å². The van der Waals surface area contributed by atoms with Gasteiger partial charge in [0.2, 0.25) is 5.82 Å². The molecule has 0 aliphatic rings. The number of ether oxygens (including phenoxy) is 4. The molecular weight excluding hydrogens is 502 g/mol. The van der Waals surface area contributed by atoms with Crippen LogP contribution in [0.2, 0.25) is 0 Å². The molecule has 38 heavy (non-hydrogen) atoms. The van der Waals surface area contributed by atoms with Crippen molar-refractivity contribution in [1.82, 2.24) is 0 Å². The quantitative estimate of drug-likeness (QED) is 0.238. The fraction of sp³-hybridized carbons (Fsp3) is 0.143. The lowest BCUT2D eigenvalue weighted by atomic mass is 10.0. The Kier molecular flexibility index (Phi) is 9.21. The van der Waals surface area contributed by atoms with E-state index in [0.717, 1.165) is 24.3 Å². The lowest BCUT2D eigenvalue weighted by Crippen LogP contribution is -2.14. The van der Waals surface area contributed by atoms with Gasteiger partial charge in [-0.1, -0.05) is 26.3 Å². The molecule has 0 aliphatic carbocycles. The van der Waals surface area contributed by atoms with Crippen molar-refractivity contribution in [3.05, 3.63) is 84.5 Å². The number of halogens is 2. The summed E-state index contributed by atoms with van der Waals surface area (Å²) in [5.41, 5.74) is -1.03. The minimum atomic E-state index is -1.60. The number of rotatable bonds is 9. The standard InChI is InChI=1S/C28H24F2O8/c1-13(2)25(31)35-18-9-17(10-19(11-18)36-26(32)14(3)4)22-20(37-27(33)15(5)6)12-21(23(29)24(22)30)38-28(34)16(7)8/h9-12H,1,3,5,7H2,2,4,6,8H3. The van der Waals surface area contributed by atoms with Crippen LogP contribution in [-0.4, -0.2) is 23.9 Å². The zero-order chi connectivity index (χ0) is 28.9. The molecule has 0 amide bonds.